The van der Waals surface area contributed by atoms with Crippen molar-refractivity contribution in [1.82, 2.24) is 19.7 Å². The fourth-order valence-electron chi connectivity index (χ4n) is 2.99. The molecular formula is C22H26N4O2. The van der Waals surface area contributed by atoms with E-state index in [1.807, 2.05) is 60.7 Å². The summed E-state index contributed by atoms with van der Waals surface area (Å²) in [5.41, 5.74) is 1.77. The molecular weight excluding hydrogens is 352 g/mol. The van der Waals surface area contributed by atoms with Crippen LogP contribution in [-0.2, 0) is 4.74 Å². The van der Waals surface area contributed by atoms with Crippen LogP contribution in [0.5, 0.6) is 0 Å². The van der Waals surface area contributed by atoms with Crippen LogP contribution in [0.3, 0.4) is 0 Å². The molecule has 28 heavy (non-hydrogen) atoms. The summed E-state index contributed by atoms with van der Waals surface area (Å²) in [5.74, 6) is 0.995. The predicted octanol–water partition coefficient (Wildman–Crippen LogP) is 3.68. The van der Waals surface area contributed by atoms with Crippen LogP contribution in [0.1, 0.15) is 24.5 Å². The minimum absolute atomic E-state index is 0.183. The van der Waals surface area contributed by atoms with Gasteiger partial charge in [-0.15, -0.1) is 5.10 Å². The fourth-order valence-corrected chi connectivity index (χ4v) is 2.99. The minimum Gasteiger partial charge on any atom is -0.383 e. The Morgan fingerprint density at radius 3 is 2.32 bits per heavy atom. The van der Waals surface area contributed by atoms with Crippen molar-refractivity contribution in [2.45, 2.75) is 13.8 Å². The highest BCUT2D eigenvalue weighted by Gasteiger charge is 2.24. The Balaban J connectivity index is 2.02. The van der Waals surface area contributed by atoms with E-state index >= 15 is 0 Å². The summed E-state index contributed by atoms with van der Waals surface area (Å²) in [6.45, 7) is 5.77. The van der Waals surface area contributed by atoms with Gasteiger partial charge in [-0.05, 0) is 18.1 Å². The highest BCUT2D eigenvalue weighted by Crippen LogP contribution is 2.21. The van der Waals surface area contributed by atoms with Crippen molar-refractivity contribution in [3.63, 3.8) is 0 Å². The first-order chi connectivity index (χ1) is 13.6. The monoisotopic (exact) mass is 378 g/mol. The van der Waals surface area contributed by atoms with Gasteiger partial charge in [0.05, 0.1) is 12.3 Å². The number of ether oxygens (including phenoxy) is 1. The van der Waals surface area contributed by atoms with Gasteiger partial charge in [-0.1, -0.05) is 62.4 Å². The molecule has 0 aliphatic heterocycles. The Hall–Kier alpha value is -2.99. The lowest BCUT2D eigenvalue weighted by atomic mass is 10.2. The quantitative estimate of drug-likeness (QED) is 0.600. The smallest absolute Gasteiger partial charge is 0.293 e. The molecule has 3 aromatic rings. The van der Waals surface area contributed by atoms with E-state index < -0.39 is 0 Å². The summed E-state index contributed by atoms with van der Waals surface area (Å²) in [4.78, 5) is 19.5. The van der Waals surface area contributed by atoms with Crippen LogP contribution in [0.2, 0.25) is 0 Å². The van der Waals surface area contributed by atoms with Crippen molar-refractivity contribution in [1.29, 1.82) is 0 Å². The van der Waals surface area contributed by atoms with E-state index in [1.165, 1.54) is 0 Å². The van der Waals surface area contributed by atoms with Gasteiger partial charge in [0.2, 0.25) is 5.82 Å². The van der Waals surface area contributed by atoms with Gasteiger partial charge in [0.15, 0.2) is 5.82 Å². The number of nitrogens with zero attached hydrogens (tertiary/aromatic N) is 4. The van der Waals surface area contributed by atoms with Crippen molar-refractivity contribution in [3.05, 3.63) is 66.5 Å². The van der Waals surface area contributed by atoms with E-state index in [1.54, 1.807) is 16.7 Å². The first-order valence-corrected chi connectivity index (χ1v) is 9.46. The van der Waals surface area contributed by atoms with Crippen LogP contribution >= 0.6 is 0 Å². The van der Waals surface area contributed by atoms with E-state index in [4.69, 9.17) is 4.74 Å². The van der Waals surface area contributed by atoms with Crippen molar-refractivity contribution in [2.24, 2.45) is 5.92 Å². The number of hydrogen-bond donors (Lipinski definition) is 0. The molecule has 2 aromatic carbocycles. The summed E-state index contributed by atoms with van der Waals surface area (Å²) in [5, 5.41) is 4.57. The van der Waals surface area contributed by atoms with Crippen molar-refractivity contribution in [3.8, 4) is 17.1 Å². The van der Waals surface area contributed by atoms with Crippen LogP contribution in [0.25, 0.3) is 17.1 Å². The maximum atomic E-state index is 13.1. The van der Waals surface area contributed by atoms with Gasteiger partial charge < -0.3 is 9.64 Å². The second kappa shape index (κ2) is 9.28. The molecule has 0 radical (unpaired) electrons. The Labute approximate surface area is 165 Å². The highest BCUT2D eigenvalue weighted by atomic mass is 16.5. The normalized spacial score (nSPS) is 11.0. The van der Waals surface area contributed by atoms with E-state index in [0.29, 0.717) is 31.4 Å². The number of hydrogen-bond acceptors (Lipinski definition) is 4. The Kier molecular flexibility index (Phi) is 6.55. The number of para-hydroxylation sites is 1. The van der Waals surface area contributed by atoms with Crippen LogP contribution in [0.15, 0.2) is 60.7 Å². The van der Waals surface area contributed by atoms with Crippen molar-refractivity contribution in [2.75, 3.05) is 26.8 Å². The summed E-state index contributed by atoms with van der Waals surface area (Å²) >= 11 is 0. The number of carbonyl (C=O) groups excluding carboxylic acids is 1. The molecule has 0 fully saturated rings. The fraction of sp³-hybridized carbons (Fsp3) is 0.318. The second-order valence-electron chi connectivity index (χ2n) is 7.01. The number of rotatable bonds is 8. The predicted molar refractivity (Wildman–Crippen MR) is 109 cm³/mol. The molecule has 0 saturated heterocycles. The summed E-state index contributed by atoms with van der Waals surface area (Å²) < 4.78 is 6.90. The zero-order chi connectivity index (χ0) is 19.9. The number of benzene rings is 2. The van der Waals surface area contributed by atoms with Gasteiger partial charge in [-0.3, -0.25) is 4.79 Å². The molecule has 3 rings (SSSR count). The average molecular weight is 378 g/mol. The number of amides is 1. The highest BCUT2D eigenvalue weighted by molar-refractivity contribution is 5.91. The molecule has 0 N–H and O–H groups in total. The molecule has 1 aromatic heterocycles. The van der Waals surface area contributed by atoms with Crippen LogP contribution < -0.4 is 0 Å². The second-order valence-corrected chi connectivity index (χ2v) is 7.01. The lowest BCUT2D eigenvalue weighted by molar-refractivity contribution is 0.0660. The molecule has 0 aliphatic rings. The molecule has 6 heteroatoms. The standard InChI is InChI=1S/C22H26N4O2/c1-17(2)16-25(14-15-28-3)22(27)20-23-21(18-10-6-4-7-11-18)26(24-20)19-12-8-5-9-13-19/h4-13,17H,14-16H2,1-3H3. The van der Waals surface area contributed by atoms with Gasteiger partial charge in [0.25, 0.3) is 5.91 Å². The van der Waals surface area contributed by atoms with Crippen molar-refractivity contribution < 1.29 is 9.53 Å². The molecule has 0 unspecified atom stereocenters. The lowest BCUT2D eigenvalue weighted by Crippen LogP contribution is -2.37. The van der Waals surface area contributed by atoms with Gasteiger partial charge in [0.1, 0.15) is 0 Å². The number of aromatic nitrogens is 3. The molecule has 0 atom stereocenters. The molecule has 0 aliphatic carbocycles. The SMILES string of the molecule is COCCN(CC(C)C)C(=O)c1nc(-c2ccccc2)n(-c2ccccc2)n1. The largest absolute Gasteiger partial charge is 0.383 e. The van der Waals surface area contributed by atoms with E-state index in [9.17, 15) is 4.79 Å². The van der Waals surface area contributed by atoms with Gasteiger partial charge in [0, 0.05) is 25.8 Å². The minimum atomic E-state index is -0.183. The maximum absolute atomic E-state index is 13.1. The average Bonchev–Trinajstić information content (AvgIpc) is 3.17. The van der Waals surface area contributed by atoms with Gasteiger partial charge >= 0.3 is 0 Å². The third kappa shape index (κ3) is 4.64. The number of carbonyl (C=O) groups is 1. The van der Waals surface area contributed by atoms with Crippen LogP contribution in [-0.4, -0.2) is 52.4 Å². The number of methoxy groups -OCH3 is 1. The summed E-state index contributed by atoms with van der Waals surface area (Å²) in [6, 6.07) is 19.5. The lowest BCUT2D eigenvalue weighted by Gasteiger charge is -2.22. The Morgan fingerprint density at radius 2 is 1.71 bits per heavy atom. The zero-order valence-corrected chi connectivity index (χ0v) is 16.6. The maximum Gasteiger partial charge on any atom is 0.293 e. The third-order valence-corrected chi connectivity index (χ3v) is 4.27. The molecule has 0 spiro atoms. The zero-order valence-electron chi connectivity index (χ0n) is 16.6. The molecule has 1 heterocycles. The van der Waals surface area contributed by atoms with Crippen molar-refractivity contribution >= 4 is 5.91 Å². The molecule has 146 valence electrons. The third-order valence-electron chi connectivity index (χ3n) is 4.27. The van der Waals surface area contributed by atoms with Crippen LogP contribution in [0.4, 0.5) is 0 Å². The molecule has 6 nitrogen and oxygen atoms in total. The van der Waals surface area contributed by atoms with E-state index in [-0.39, 0.29) is 11.7 Å². The van der Waals surface area contributed by atoms with E-state index in [0.717, 1.165) is 11.3 Å². The topological polar surface area (TPSA) is 60.2 Å². The summed E-state index contributed by atoms with van der Waals surface area (Å²) in [7, 11) is 1.63. The van der Waals surface area contributed by atoms with Gasteiger partial charge in [-0.25, -0.2) is 9.67 Å². The summed E-state index contributed by atoms with van der Waals surface area (Å²) in [6.07, 6.45) is 0. The molecule has 0 saturated carbocycles. The van der Waals surface area contributed by atoms with Gasteiger partial charge in [-0.2, -0.15) is 0 Å². The Morgan fingerprint density at radius 1 is 1.07 bits per heavy atom. The molecule has 0 bridgehead atoms. The first kappa shape index (κ1) is 19.8. The Bertz CT molecular complexity index is 834. The van der Waals surface area contributed by atoms with Crippen LogP contribution in [0, 0.1) is 5.92 Å². The first-order valence-electron chi connectivity index (χ1n) is 9.46. The van der Waals surface area contributed by atoms with E-state index in [2.05, 4.69) is 23.9 Å². The molecule has 1 amide bonds.